The number of rotatable bonds is 10. The van der Waals surface area contributed by atoms with Crippen LogP contribution < -0.4 is 16.1 Å². The Bertz CT molecular complexity index is 1080. The maximum atomic E-state index is 12.7. The highest BCUT2D eigenvalue weighted by atomic mass is 19.3. The maximum Gasteiger partial charge on any atom is 0.277 e. The van der Waals surface area contributed by atoms with Crippen molar-refractivity contribution < 1.29 is 8.78 Å². The number of nitrogens with zero attached hydrogens (tertiary/aromatic N) is 3. The monoisotopic (exact) mass is 442 g/mol. The first kappa shape index (κ1) is 23.5. The van der Waals surface area contributed by atoms with Gasteiger partial charge in [0.15, 0.2) is 0 Å². The fraction of sp³-hybridized carbons (Fsp3) is 0.391. The Morgan fingerprint density at radius 2 is 2.19 bits per heavy atom. The van der Waals surface area contributed by atoms with Crippen LogP contribution in [0.1, 0.15) is 36.1 Å². The molecule has 2 aromatic rings. The van der Waals surface area contributed by atoms with Gasteiger partial charge in [-0.3, -0.25) is 14.5 Å². The van der Waals surface area contributed by atoms with Gasteiger partial charge in [-0.1, -0.05) is 31.2 Å². The highest BCUT2D eigenvalue weighted by Crippen LogP contribution is 2.41. The van der Waals surface area contributed by atoms with Gasteiger partial charge in [0.2, 0.25) is 5.43 Å². The number of benzene rings is 1. The van der Waals surface area contributed by atoms with Gasteiger partial charge in [0.05, 0.1) is 12.2 Å². The molecular weight excluding hydrogens is 414 g/mol. The van der Waals surface area contributed by atoms with Gasteiger partial charge >= 0.3 is 0 Å². The number of aromatic nitrogens is 2. The molecule has 1 aliphatic rings. The molecule has 9 heteroatoms. The highest BCUT2D eigenvalue weighted by Gasteiger charge is 2.54. The Morgan fingerprint density at radius 3 is 2.81 bits per heavy atom. The lowest BCUT2D eigenvalue weighted by atomic mass is 9.95. The Labute approximate surface area is 185 Å². The van der Waals surface area contributed by atoms with Crippen molar-refractivity contribution in [1.29, 1.82) is 5.41 Å². The summed E-state index contributed by atoms with van der Waals surface area (Å²) in [7, 11) is 3.28. The molecule has 1 fully saturated rings. The molecule has 3 N–H and O–H groups in total. The summed E-state index contributed by atoms with van der Waals surface area (Å²) >= 11 is 0. The third kappa shape index (κ3) is 4.83. The molecule has 1 aromatic heterocycles. The molecule has 3 unspecified atom stereocenters. The number of alkyl halides is 2. The first-order valence-electron chi connectivity index (χ1n) is 10.4. The summed E-state index contributed by atoms with van der Waals surface area (Å²) in [6.45, 7) is 2.24. The third-order valence-corrected chi connectivity index (χ3v) is 5.85. The van der Waals surface area contributed by atoms with E-state index in [1.165, 1.54) is 31.6 Å². The summed E-state index contributed by atoms with van der Waals surface area (Å²) < 4.78 is 27.1. The molecule has 0 amide bonds. The zero-order valence-electron chi connectivity index (χ0n) is 18.3. The second-order valence-corrected chi connectivity index (χ2v) is 7.82. The van der Waals surface area contributed by atoms with E-state index in [4.69, 9.17) is 5.41 Å². The first-order valence-corrected chi connectivity index (χ1v) is 10.4. The molecule has 1 heterocycles. The molecular formula is C23H28F2N6O. The summed E-state index contributed by atoms with van der Waals surface area (Å²) in [5.74, 6) is -0.261. The molecule has 0 spiro atoms. The Morgan fingerprint density at radius 1 is 1.41 bits per heavy atom. The van der Waals surface area contributed by atoms with E-state index in [1.54, 1.807) is 10.9 Å². The minimum atomic E-state index is -2.58. The predicted molar refractivity (Wildman–Crippen MR) is 122 cm³/mol. The van der Waals surface area contributed by atoms with Gasteiger partial charge in [-0.05, 0) is 30.7 Å². The molecule has 1 saturated carbocycles. The van der Waals surface area contributed by atoms with Gasteiger partial charge in [-0.15, -0.1) is 0 Å². The van der Waals surface area contributed by atoms with Gasteiger partial charge < -0.3 is 16.0 Å². The van der Waals surface area contributed by atoms with Crippen LogP contribution in [0.15, 0.2) is 58.1 Å². The van der Waals surface area contributed by atoms with E-state index in [9.17, 15) is 13.6 Å². The lowest BCUT2D eigenvalue weighted by Crippen LogP contribution is -2.33. The average Bonchev–Trinajstić information content (AvgIpc) is 3.54. The van der Waals surface area contributed by atoms with E-state index in [2.05, 4.69) is 20.7 Å². The molecule has 1 aromatic carbocycles. The average molecular weight is 443 g/mol. The van der Waals surface area contributed by atoms with Gasteiger partial charge in [-0.25, -0.2) is 8.78 Å². The minimum Gasteiger partial charge on any atom is -0.387 e. The van der Waals surface area contributed by atoms with E-state index < -0.39 is 12.0 Å². The van der Waals surface area contributed by atoms with Gasteiger partial charge in [-0.2, -0.15) is 5.10 Å². The number of allylic oxidation sites excluding steroid dienone is 2. The van der Waals surface area contributed by atoms with Crippen LogP contribution in [0.25, 0.3) is 0 Å². The lowest BCUT2D eigenvalue weighted by molar-refractivity contribution is 0.182. The van der Waals surface area contributed by atoms with Crippen LogP contribution in [0.4, 0.5) is 8.78 Å². The van der Waals surface area contributed by atoms with Crippen LogP contribution in [0, 0.1) is 5.41 Å². The third-order valence-electron chi connectivity index (χ3n) is 5.85. The molecule has 32 heavy (non-hydrogen) atoms. The summed E-state index contributed by atoms with van der Waals surface area (Å²) in [4.78, 5) is 16.8. The van der Waals surface area contributed by atoms with Crippen molar-refractivity contribution in [3.8, 4) is 0 Å². The molecule has 3 atom stereocenters. The van der Waals surface area contributed by atoms with E-state index in [0.29, 0.717) is 12.2 Å². The second kappa shape index (κ2) is 9.95. The molecule has 0 radical (unpaired) electrons. The van der Waals surface area contributed by atoms with Crippen LogP contribution in [0.2, 0.25) is 0 Å². The van der Waals surface area contributed by atoms with Crippen molar-refractivity contribution >= 4 is 12.4 Å². The minimum absolute atomic E-state index is 0.113. The maximum absolute atomic E-state index is 12.7. The van der Waals surface area contributed by atoms with Crippen LogP contribution in [0.3, 0.4) is 0 Å². The molecule has 3 rings (SSSR count). The lowest BCUT2D eigenvalue weighted by Gasteiger charge is -2.18. The van der Waals surface area contributed by atoms with Crippen LogP contribution in [-0.4, -0.2) is 48.8 Å². The molecule has 1 aliphatic carbocycles. The zero-order valence-corrected chi connectivity index (χ0v) is 18.3. The number of aliphatic imine (C=N–C) groups is 1. The topological polar surface area (TPSA) is 95.2 Å². The first-order chi connectivity index (χ1) is 15.4. The van der Waals surface area contributed by atoms with Crippen molar-refractivity contribution in [3.63, 3.8) is 0 Å². The van der Waals surface area contributed by atoms with Gasteiger partial charge in [0.25, 0.3) is 6.43 Å². The molecule has 7 nitrogen and oxygen atoms in total. The molecule has 0 bridgehead atoms. The Balaban J connectivity index is 1.80. The summed E-state index contributed by atoms with van der Waals surface area (Å²) in [6.07, 6.45) is 3.79. The van der Waals surface area contributed by atoms with E-state index >= 15 is 0 Å². The quantitative estimate of drug-likeness (QED) is 0.493. The standard InChI is InChI=1S/C23H28F2N6O/c1-15(21-19(32)8-10-31(30-21)23(14-26)12-20(23)28-3)17-6-4-5-16(11-17)13-29-9-7-18(27-2)22(24)25/h4-11,14-15,20,22,26-28H,12-13H2,1-3H3/b18-7-,26-14?,29-9?. The zero-order chi connectivity index (χ0) is 23.3. The van der Waals surface area contributed by atoms with Crippen LogP contribution in [0.5, 0.6) is 0 Å². The van der Waals surface area contributed by atoms with E-state index in [1.807, 2.05) is 38.2 Å². The fourth-order valence-electron chi connectivity index (χ4n) is 3.73. The molecule has 170 valence electrons. The van der Waals surface area contributed by atoms with Gasteiger partial charge in [0, 0.05) is 43.7 Å². The van der Waals surface area contributed by atoms with Gasteiger partial charge in [0.1, 0.15) is 11.2 Å². The summed E-state index contributed by atoms with van der Waals surface area (Å²) in [5.41, 5.74) is 1.33. The van der Waals surface area contributed by atoms with Crippen molar-refractivity contribution in [2.24, 2.45) is 4.99 Å². The molecule has 0 aliphatic heterocycles. The Hall–Kier alpha value is -3.20. The van der Waals surface area contributed by atoms with Crippen LogP contribution >= 0.6 is 0 Å². The van der Waals surface area contributed by atoms with Crippen molar-refractivity contribution in [3.05, 3.63) is 75.3 Å². The number of likely N-dealkylation sites (N-methyl/N-ethyl adjacent to an activating group) is 1. The predicted octanol–water partition coefficient (Wildman–Crippen LogP) is 2.67. The number of hydrogen-bond donors (Lipinski definition) is 3. The van der Waals surface area contributed by atoms with Crippen molar-refractivity contribution in [1.82, 2.24) is 20.4 Å². The number of nitrogens with one attached hydrogen (secondary N) is 3. The number of hydrogen-bond acceptors (Lipinski definition) is 6. The van der Waals surface area contributed by atoms with E-state index in [0.717, 1.165) is 17.5 Å². The largest absolute Gasteiger partial charge is 0.387 e. The Kier molecular flexibility index (Phi) is 7.29. The smallest absolute Gasteiger partial charge is 0.277 e. The summed E-state index contributed by atoms with van der Waals surface area (Å²) in [6, 6.07) is 9.25. The number of halogens is 2. The van der Waals surface area contributed by atoms with Crippen molar-refractivity contribution in [2.45, 2.75) is 43.8 Å². The normalized spacial score (nSPS) is 21.7. The van der Waals surface area contributed by atoms with Crippen LogP contribution in [-0.2, 0) is 12.1 Å². The van der Waals surface area contributed by atoms with Crippen molar-refractivity contribution in [2.75, 3.05) is 14.1 Å². The highest BCUT2D eigenvalue weighted by molar-refractivity contribution is 5.72. The fourth-order valence-corrected chi connectivity index (χ4v) is 3.73. The SMILES string of the molecule is CN/C(=C\C=NCc1cccc(C(C)c2nn(C3(C=N)CC3NC)ccc2=O)c1)C(F)F. The second-order valence-electron chi connectivity index (χ2n) is 7.82. The van der Waals surface area contributed by atoms with E-state index in [-0.39, 0.29) is 23.1 Å². The summed E-state index contributed by atoms with van der Waals surface area (Å²) in [5, 5.41) is 18.0. The molecule has 0 saturated heterocycles.